The summed E-state index contributed by atoms with van der Waals surface area (Å²) in [6.45, 7) is 1.28. The van der Waals surface area contributed by atoms with Crippen LogP contribution in [0.25, 0.3) is 0 Å². The predicted molar refractivity (Wildman–Crippen MR) is 132 cm³/mol. The molecule has 2 heterocycles. The molecule has 2 aliphatic rings. The summed E-state index contributed by atoms with van der Waals surface area (Å²) in [5.41, 5.74) is 3.46. The average molecular weight is 470 g/mol. The van der Waals surface area contributed by atoms with Gasteiger partial charge < -0.3 is 19.9 Å². The van der Waals surface area contributed by atoms with E-state index in [1.165, 1.54) is 0 Å². The van der Waals surface area contributed by atoms with Crippen molar-refractivity contribution in [3.05, 3.63) is 95.1 Å². The standard InChI is InChI=1S/C28H27N3O4/c1-35-22-13-11-19(12-14-22)17-29-26(32)21-7-4-6-20(16-21)18-31-24-9-3-2-8-23(24)27(33)30-15-5-10-25(30)28(31)34/h2-4,6-9,11-14,16,25H,5,10,15,17-18H2,1H3,(H,29,32). The van der Waals surface area contributed by atoms with Crippen molar-refractivity contribution in [3.8, 4) is 5.75 Å². The summed E-state index contributed by atoms with van der Waals surface area (Å²) in [6.07, 6.45) is 1.49. The van der Waals surface area contributed by atoms with Gasteiger partial charge in [0.15, 0.2) is 0 Å². The molecule has 0 spiro atoms. The Morgan fingerprint density at radius 1 is 1.00 bits per heavy atom. The Balaban J connectivity index is 1.35. The molecular formula is C28H27N3O4. The van der Waals surface area contributed by atoms with Gasteiger partial charge in [-0.05, 0) is 60.4 Å². The molecule has 5 rings (SSSR count). The largest absolute Gasteiger partial charge is 0.497 e. The van der Waals surface area contributed by atoms with Gasteiger partial charge in [-0.25, -0.2) is 0 Å². The normalized spacial score (nSPS) is 17.0. The fraction of sp³-hybridized carbons (Fsp3) is 0.250. The molecule has 0 saturated carbocycles. The summed E-state index contributed by atoms with van der Waals surface area (Å²) in [5.74, 6) is 0.406. The van der Waals surface area contributed by atoms with Crippen LogP contribution in [0.2, 0.25) is 0 Å². The van der Waals surface area contributed by atoms with Crippen molar-refractivity contribution in [1.29, 1.82) is 0 Å². The molecule has 0 aliphatic carbocycles. The Morgan fingerprint density at radius 3 is 2.60 bits per heavy atom. The molecule has 1 saturated heterocycles. The first kappa shape index (κ1) is 22.7. The Morgan fingerprint density at radius 2 is 1.80 bits per heavy atom. The molecule has 178 valence electrons. The van der Waals surface area contributed by atoms with Gasteiger partial charge in [-0.1, -0.05) is 36.4 Å². The number of nitrogens with one attached hydrogen (secondary N) is 1. The molecule has 0 bridgehead atoms. The van der Waals surface area contributed by atoms with Gasteiger partial charge in [0.1, 0.15) is 11.8 Å². The first-order valence-electron chi connectivity index (χ1n) is 11.8. The van der Waals surface area contributed by atoms with Gasteiger partial charge in [-0.15, -0.1) is 0 Å². The molecule has 1 atom stereocenters. The van der Waals surface area contributed by atoms with Crippen LogP contribution in [0.4, 0.5) is 5.69 Å². The van der Waals surface area contributed by atoms with Gasteiger partial charge >= 0.3 is 0 Å². The Bertz CT molecular complexity index is 1270. The maximum Gasteiger partial charge on any atom is 0.256 e. The molecule has 7 heteroatoms. The van der Waals surface area contributed by atoms with Crippen LogP contribution in [0.15, 0.2) is 72.8 Å². The van der Waals surface area contributed by atoms with Crippen LogP contribution in [0, 0.1) is 0 Å². The minimum atomic E-state index is -0.439. The van der Waals surface area contributed by atoms with Crippen LogP contribution < -0.4 is 15.0 Å². The maximum absolute atomic E-state index is 13.5. The number of benzene rings is 3. The Labute approximate surface area is 204 Å². The maximum atomic E-state index is 13.5. The summed E-state index contributed by atoms with van der Waals surface area (Å²) >= 11 is 0. The highest BCUT2D eigenvalue weighted by Gasteiger charge is 2.41. The first-order valence-corrected chi connectivity index (χ1v) is 11.8. The lowest BCUT2D eigenvalue weighted by atomic mass is 10.1. The Hall–Kier alpha value is -4.13. The number of rotatable bonds is 6. The van der Waals surface area contributed by atoms with Crippen molar-refractivity contribution < 1.29 is 19.1 Å². The van der Waals surface area contributed by atoms with Crippen LogP contribution in [-0.2, 0) is 17.9 Å². The SMILES string of the molecule is COc1ccc(CNC(=O)c2cccc(CN3C(=O)C4CCCN4C(=O)c4ccccc43)c2)cc1. The van der Waals surface area contributed by atoms with Gasteiger partial charge in [0, 0.05) is 18.7 Å². The third kappa shape index (κ3) is 4.49. The van der Waals surface area contributed by atoms with Gasteiger partial charge in [0.25, 0.3) is 11.8 Å². The van der Waals surface area contributed by atoms with Crippen LogP contribution in [-0.4, -0.2) is 42.3 Å². The van der Waals surface area contributed by atoms with E-state index in [0.717, 1.165) is 23.3 Å². The summed E-state index contributed by atoms with van der Waals surface area (Å²) < 4.78 is 5.17. The molecule has 1 fully saturated rings. The lowest BCUT2D eigenvalue weighted by Crippen LogP contribution is -2.44. The summed E-state index contributed by atoms with van der Waals surface area (Å²) in [7, 11) is 1.61. The summed E-state index contributed by atoms with van der Waals surface area (Å²) in [6, 6.07) is 21.6. The lowest BCUT2D eigenvalue weighted by Gasteiger charge is -2.26. The second-order valence-corrected chi connectivity index (χ2v) is 8.83. The number of hydrogen-bond acceptors (Lipinski definition) is 4. The second kappa shape index (κ2) is 9.62. The number of para-hydroxylation sites is 1. The van der Waals surface area contributed by atoms with E-state index in [1.54, 1.807) is 35.1 Å². The molecule has 3 amide bonds. The number of methoxy groups -OCH3 is 1. The average Bonchev–Trinajstić information content (AvgIpc) is 3.37. The number of carbonyl (C=O) groups excluding carboxylic acids is 3. The molecule has 0 aromatic heterocycles. The highest BCUT2D eigenvalue weighted by Crippen LogP contribution is 2.33. The third-order valence-electron chi connectivity index (χ3n) is 6.63. The van der Waals surface area contributed by atoms with Crippen LogP contribution in [0.5, 0.6) is 5.75 Å². The van der Waals surface area contributed by atoms with Crippen molar-refractivity contribution in [2.75, 3.05) is 18.6 Å². The van der Waals surface area contributed by atoms with Crippen LogP contribution >= 0.6 is 0 Å². The fourth-order valence-corrected chi connectivity index (χ4v) is 4.79. The van der Waals surface area contributed by atoms with E-state index in [-0.39, 0.29) is 24.3 Å². The summed E-state index contributed by atoms with van der Waals surface area (Å²) in [5, 5.41) is 2.94. The fourth-order valence-electron chi connectivity index (χ4n) is 4.79. The number of fused-ring (bicyclic) bond motifs is 2. The number of carbonyl (C=O) groups is 3. The summed E-state index contributed by atoms with van der Waals surface area (Å²) in [4.78, 5) is 42.8. The molecule has 2 aliphatic heterocycles. The van der Waals surface area contributed by atoms with Gasteiger partial charge in [0.2, 0.25) is 5.91 Å². The predicted octanol–water partition coefficient (Wildman–Crippen LogP) is 3.78. The van der Waals surface area contributed by atoms with Gasteiger partial charge in [-0.3, -0.25) is 14.4 Å². The number of anilines is 1. The van der Waals surface area contributed by atoms with E-state index in [1.807, 2.05) is 54.6 Å². The molecule has 0 radical (unpaired) electrons. The number of hydrogen-bond donors (Lipinski definition) is 1. The molecule has 1 N–H and O–H groups in total. The quantitative estimate of drug-likeness (QED) is 0.596. The van der Waals surface area contributed by atoms with E-state index in [4.69, 9.17) is 4.74 Å². The van der Waals surface area contributed by atoms with Crippen molar-refractivity contribution >= 4 is 23.4 Å². The van der Waals surface area contributed by atoms with E-state index in [2.05, 4.69) is 5.32 Å². The zero-order valence-electron chi connectivity index (χ0n) is 19.6. The zero-order chi connectivity index (χ0) is 24.4. The Kier molecular flexibility index (Phi) is 6.23. The lowest BCUT2D eigenvalue weighted by molar-refractivity contribution is -0.122. The monoisotopic (exact) mass is 469 g/mol. The van der Waals surface area contributed by atoms with Crippen molar-refractivity contribution in [1.82, 2.24) is 10.2 Å². The zero-order valence-corrected chi connectivity index (χ0v) is 19.6. The number of ether oxygens (including phenoxy) is 1. The van der Waals surface area contributed by atoms with E-state index in [0.29, 0.717) is 36.3 Å². The van der Waals surface area contributed by atoms with Crippen LogP contribution in [0.1, 0.15) is 44.7 Å². The minimum absolute atomic E-state index is 0.0739. The molecule has 7 nitrogen and oxygen atoms in total. The van der Waals surface area contributed by atoms with E-state index >= 15 is 0 Å². The third-order valence-corrected chi connectivity index (χ3v) is 6.63. The van der Waals surface area contributed by atoms with Crippen molar-refractivity contribution in [2.45, 2.75) is 32.0 Å². The topological polar surface area (TPSA) is 79.0 Å². The van der Waals surface area contributed by atoms with E-state index < -0.39 is 6.04 Å². The van der Waals surface area contributed by atoms with Crippen molar-refractivity contribution in [2.24, 2.45) is 0 Å². The molecule has 35 heavy (non-hydrogen) atoms. The van der Waals surface area contributed by atoms with Gasteiger partial charge in [-0.2, -0.15) is 0 Å². The number of amides is 3. The van der Waals surface area contributed by atoms with Crippen LogP contribution in [0.3, 0.4) is 0 Å². The highest BCUT2D eigenvalue weighted by atomic mass is 16.5. The molecule has 3 aromatic carbocycles. The van der Waals surface area contributed by atoms with E-state index in [9.17, 15) is 14.4 Å². The minimum Gasteiger partial charge on any atom is -0.497 e. The van der Waals surface area contributed by atoms with Gasteiger partial charge in [0.05, 0.1) is 24.9 Å². The van der Waals surface area contributed by atoms with Crippen molar-refractivity contribution in [3.63, 3.8) is 0 Å². The molecule has 3 aromatic rings. The first-order chi connectivity index (χ1) is 17.0. The smallest absolute Gasteiger partial charge is 0.256 e. The molecule has 1 unspecified atom stereocenters. The molecular weight excluding hydrogens is 442 g/mol. The second-order valence-electron chi connectivity index (χ2n) is 8.83. The number of nitrogens with zero attached hydrogens (tertiary/aromatic N) is 2. The highest BCUT2D eigenvalue weighted by molar-refractivity contribution is 6.11.